The molecule has 0 amide bonds. The zero-order chi connectivity index (χ0) is 9.35. The predicted octanol–water partition coefficient (Wildman–Crippen LogP) is 4.10. The highest BCUT2D eigenvalue weighted by molar-refractivity contribution is 4.93. The van der Waals surface area contributed by atoms with E-state index in [1.165, 1.54) is 19.3 Å². The molecule has 1 fully saturated rings. The number of hydrogen-bond donors (Lipinski definition) is 0. The van der Waals surface area contributed by atoms with Crippen molar-refractivity contribution in [3.05, 3.63) is 0 Å². The maximum atomic E-state index is 2.46. The molecule has 3 atom stereocenters. The lowest BCUT2D eigenvalue weighted by Gasteiger charge is -2.32. The van der Waals surface area contributed by atoms with E-state index in [9.17, 15) is 0 Å². The van der Waals surface area contributed by atoms with Crippen LogP contribution in [0.2, 0.25) is 0 Å². The molecule has 0 spiro atoms. The number of hydrogen-bond acceptors (Lipinski definition) is 0. The third kappa shape index (κ3) is 1.41. The monoisotopic (exact) mass is 168 g/mol. The summed E-state index contributed by atoms with van der Waals surface area (Å²) < 4.78 is 0. The summed E-state index contributed by atoms with van der Waals surface area (Å²) in [4.78, 5) is 0. The van der Waals surface area contributed by atoms with Gasteiger partial charge in [0.15, 0.2) is 0 Å². The van der Waals surface area contributed by atoms with Crippen LogP contribution in [-0.4, -0.2) is 0 Å². The largest absolute Gasteiger partial charge is 0.0651 e. The summed E-state index contributed by atoms with van der Waals surface area (Å²) in [6.45, 7) is 12.1. The maximum Gasteiger partial charge on any atom is -0.0298 e. The van der Waals surface area contributed by atoms with Crippen molar-refractivity contribution in [3.63, 3.8) is 0 Å². The zero-order valence-electron chi connectivity index (χ0n) is 9.35. The van der Waals surface area contributed by atoms with Gasteiger partial charge in [-0.3, -0.25) is 0 Å². The highest BCUT2D eigenvalue weighted by Crippen LogP contribution is 2.52. The average Bonchev–Trinajstić information content (AvgIpc) is 2.23. The van der Waals surface area contributed by atoms with E-state index in [0.717, 1.165) is 17.8 Å². The van der Waals surface area contributed by atoms with Gasteiger partial charge in [0.1, 0.15) is 0 Å². The van der Waals surface area contributed by atoms with Gasteiger partial charge in [-0.25, -0.2) is 0 Å². The summed E-state index contributed by atoms with van der Waals surface area (Å²) in [7, 11) is 0. The Bertz CT molecular complexity index is 146. The van der Waals surface area contributed by atoms with E-state index in [4.69, 9.17) is 0 Å². The summed E-state index contributed by atoms with van der Waals surface area (Å²) in [5.41, 5.74) is 0.593. The molecule has 0 aromatic heterocycles. The second-order valence-corrected chi connectivity index (χ2v) is 5.14. The van der Waals surface area contributed by atoms with Crippen molar-refractivity contribution in [2.45, 2.75) is 53.9 Å². The van der Waals surface area contributed by atoms with Crippen molar-refractivity contribution in [1.82, 2.24) is 0 Å². The smallest absolute Gasteiger partial charge is 0.0298 e. The Balaban J connectivity index is 2.76. The predicted molar refractivity (Wildman–Crippen MR) is 55.1 cm³/mol. The molecule has 0 saturated heterocycles. The van der Waals surface area contributed by atoms with Gasteiger partial charge in [-0.05, 0) is 29.6 Å². The van der Waals surface area contributed by atoms with E-state index in [-0.39, 0.29) is 0 Å². The Hall–Kier alpha value is 0. The van der Waals surface area contributed by atoms with Crippen LogP contribution in [0, 0.1) is 23.2 Å². The first-order valence-electron chi connectivity index (χ1n) is 5.54. The molecule has 0 aromatic rings. The van der Waals surface area contributed by atoms with Crippen LogP contribution in [0.25, 0.3) is 0 Å². The van der Waals surface area contributed by atoms with Gasteiger partial charge in [0.25, 0.3) is 0 Å². The van der Waals surface area contributed by atoms with E-state index < -0.39 is 0 Å². The Kier molecular flexibility index (Phi) is 2.85. The molecule has 0 unspecified atom stereocenters. The fraction of sp³-hybridized carbons (Fsp3) is 1.00. The first-order valence-corrected chi connectivity index (χ1v) is 5.54. The van der Waals surface area contributed by atoms with Gasteiger partial charge in [-0.1, -0.05) is 47.5 Å². The Morgan fingerprint density at radius 3 is 2.08 bits per heavy atom. The maximum absolute atomic E-state index is 2.46. The SMILES string of the molecule is CC[C@H]1C[C@@H](C)C(C)(C)[C@H]1CC. The first kappa shape index (κ1) is 10.1. The van der Waals surface area contributed by atoms with Crippen molar-refractivity contribution in [2.75, 3.05) is 0 Å². The lowest BCUT2D eigenvalue weighted by Crippen LogP contribution is -2.24. The topological polar surface area (TPSA) is 0 Å². The molecular weight excluding hydrogens is 144 g/mol. The van der Waals surface area contributed by atoms with Crippen LogP contribution in [0.1, 0.15) is 53.9 Å². The van der Waals surface area contributed by atoms with E-state index in [1.54, 1.807) is 0 Å². The van der Waals surface area contributed by atoms with E-state index >= 15 is 0 Å². The summed E-state index contributed by atoms with van der Waals surface area (Å²) in [6.07, 6.45) is 4.21. The highest BCUT2D eigenvalue weighted by Gasteiger charge is 2.44. The molecule has 0 heteroatoms. The van der Waals surface area contributed by atoms with Crippen LogP contribution >= 0.6 is 0 Å². The fourth-order valence-corrected chi connectivity index (χ4v) is 3.21. The fourth-order valence-electron chi connectivity index (χ4n) is 3.21. The third-order valence-corrected chi connectivity index (χ3v) is 4.42. The molecule has 0 N–H and O–H groups in total. The number of rotatable bonds is 2. The van der Waals surface area contributed by atoms with Crippen LogP contribution in [-0.2, 0) is 0 Å². The molecule has 72 valence electrons. The van der Waals surface area contributed by atoms with Gasteiger partial charge in [-0.15, -0.1) is 0 Å². The molecule has 0 aromatic carbocycles. The van der Waals surface area contributed by atoms with Crippen molar-refractivity contribution in [3.8, 4) is 0 Å². The van der Waals surface area contributed by atoms with Gasteiger partial charge in [0, 0.05) is 0 Å². The molecule has 0 heterocycles. The minimum atomic E-state index is 0.593. The van der Waals surface area contributed by atoms with Crippen molar-refractivity contribution in [2.24, 2.45) is 23.2 Å². The van der Waals surface area contributed by atoms with Gasteiger partial charge >= 0.3 is 0 Å². The van der Waals surface area contributed by atoms with Crippen LogP contribution in [0.3, 0.4) is 0 Å². The second-order valence-electron chi connectivity index (χ2n) is 5.14. The van der Waals surface area contributed by atoms with Crippen LogP contribution in [0.15, 0.2) is 0 Å². The molecule has 1 aliphatic rings. The third-order valence-electron chi connectivity index (χ3n) is 4.42. The van der Waals surface area contributed by atoms with Crippen molar-refractivity contribution < 1.29 is 0 Å². The molecule has 1 aliphatic carbocycles. The van der Waals surface area contributed by atoms with E-state index in [2.05, 4.69) is 34.6 Å². The molecule has 0 radical (unpaired) electrons. The normalized spacial score (nSPS) is 40.2. The molecule has 1 rings (SSSR count). The average molecular weight is 168 g/mol. The Morgan fingerprint density at radius 1 is 1.17 bits per heavy atom. The van der Waals surface area contributed by atoms with E-state index in [1.807, 2.05) is 0 Å². The van der Waals surface area contributed by atoms with Gasteiger partial charge < -0.3 is 0 Å². The Labute approximate surface area is 77.7 Å². The Morgan fingerprint density at radius 2 is 1.75 bits per heavy atom. The minimum absolute atomic E-state index is 0.593. The quantitative estimate of drug-likeness (QED) is 0.582. The van der Waals surface area contributed by atoms with Crippen LogP contribution in [0.4, 0.5) is 0 Å². The summed E-state index contributed by atoms with van der Waals surface area (Å²) in [5, 5.41) is 0. The second kappa shape index (κ2) is 3.40. The summed E-state index contributed by atoms with van der Waals surface area (Å²) >= 11 is 0. The first-order chi connectivity index (χ1) is 5.54. The molecule has 12 heavy (non-hydrogen) atoms. The molecule has 0 bridgehead atoms. The van der Waals surface area contributed by atoms with Crippen LogP contribution < -0.4 is 0 Å². The van der Waals surface area contributed by atoms with Gasteiger partial charge in [-0.2, -0.15) is 0 Å². The molecule has 1 saturated carbocycles. The molecule has 0 nitrogen and oxygen atoms in total. The van der Waals surface area contributed by atoms with Crippen molar-refractivity contribution in [1.29, 1.82) is 0 Å². The lowest BCUT2D eigenvalue weighted by atomic mass is 9.73. The summed E-state index contributed by atoms with van der Waals surface area (Å²) in [5.74, 6) is 2.89. The highest BCUT2D eigenvalue weighted by atomic mass is 14.5. The lowest BCUT2D eigenvalue weighted by molar-refractivity contribution is 0.171. The van der Waals surface area contributed by atoms with Gasteiger partial charge in [0.05, 0.1) is 0 Å². The zero-order valence-corrected chi connectivity index (χ0v) is 9.35. The van der Waals surface area contributed by atoms with Crippen molar-refractivity contribution >= 4 is 0 Å². The summed E-state index contributed by atoms with van der Waals surface area (Å²) in [6, 6.07) is 0. The van der Waals surface area contributed by atoms with Gasteiger partial charge in [0.2, 0.25) is 0 Å². The van der Waals surface area contributed by atoms with E-state index in [0.29, 0.717) is 5.41 Å². The minimum Gasteiger partial charge on any atom is -0.0651 e. The standard InChI is InChI=1S/C12H24/c1-6-10-8-9(3)12(4,5)11(10)7-2/h9-11H,6-8H2,1-5H3/t9-,10+,11+/m1/s1. The van der Waals surface area contributed by atoms with Crippen LogP contribution in [0.5, 0.6) is 0 Å². The molecule has 0 aliphatic heterocycles. The molecular formula is C12H24.